The molecule has 0 aliphatic carbocycles. The van der Waals surface area contributed by atoms with E-state index >= 15 is 0 Å². The van der Waals surface area contributed by atoms with Gasteiger partial charge >= 0.3 is 0 Å². The standard InChI is InChI=1S/C22H28ClN7O2/c1-4-24-19-16(23)14(5-8-25-19)17-15-18(28-27-17)26-21(29(3)20(15)31)30-9-6-22(7-10-30)11-13(2)32-12-22/h5,8,13H,4,6-7,9-12H2,1-3H3,(H,24,25)(H,27,28)/t13-/m0/s1. The van der Waals surface area contributed by atoms with Gasteiger partial charge in [0, 0.05) is 38.4 Å². The van der Waals surface area contributed by atoms with E-state index < -0.39 is 0 Å². The van der Waals surface area contributed by atoms with Crippen molar-refractivity contribution >= 4 is 34.4 Å². The molecule has 1 atom stereocenters. The molecule has 0 aromatic carbocycles. The number of anilines is 2. The van der Waals surface area contributed by atoms with Crippen molar-refractivity contribution in [1.29, 1.82) is 0 Å². The summed E-state index contributed by atoms with van der Waals surface area (Å²) in [6.45, 7) is 7.34. The number of pyridine rings is 1. The van der Waals surface area contributed by atoms with Gasteiger partial charge in [0.05, 0.1) is 17.7 Å². The van der Waals surface area contributed by atoms with E-state index in [-0.39, 0.29) is 11.0 Å². The molecule has 5 rings (SSSR count). The average molecular weight is 458 g/mol. The van der Waals surface area contributed by atoms with Gasteiger partial charge in [-0.05, 0) is 44.6 Å². The summed E-state index contributed by atoms with van der Waals surface area (Å²) in [6.07, 6.45) is 5.18. The minimum atomic E-state index is -0.148. The Morgan fingerprint density at radius 1 is 1.38 bits per heavy atom. The zero-order valence-corrected chi connectivity index (χ0v) is 19.4. The lowest BCUT2D eigenvalue weighted by Crippen LogP contribution is -2.43. The lowest BCUT2D eigenvalue weighted by molar-refractivity contribution is 0.0974. The Labute approximate surface area is 191 Å². The molecule has 0 amide bonds. The van der Waals surface area contributed by atoms with Gasteiger partial charge in [-0.2, -0.15) is 10.1 Å². The van der Waals surface area contributed by atoms with E-state index in [1.807, 2.05) is 6.92 Å². The van der Waals surface area contributed by atoms with Crippen LogP contribution in [0.25, 0.3) is 22.3 Å². The van der Waals surface area contributed by atoms with Crippen molar-refractivity contribution in [2.75, 3.05) is 36.5 Å². The molecule has 3 aromatic heterocycles. The van der Waals surface area contributed by atoms with Crippen LogP contribution in [0.3, 0.4) is 0 Å². The van der Waals surface area contributed by atoms with Crippen LogP contribution in [0.4, 0.5) is 11.8 Å². The highest BCUT2D eigenvalue weighted by atomic mass is 35.5. The molecule has 32 heavy (non-hydrogen) atoms. The number of nitrogens with zero attached hydrogens (tertiary/aromatic N) is 5. The second-order valence-electron chi connectivity index (χ2n) is 8.94. The molecule has 0 radical (unpaired) electrons. The summed E-state index contributed by atoms with van der Waals surface area (Å²) in [5.41, 5.74) is 1.72. The fourth-order valence-electron chi connectivity index (χ4n) is 5.02. The number of ether oxygens (including phenoxy) is 1. The van der Waals surface area contributed by atoms with Crippen molar-refractivity contribution in [2.24, 2.45) is 12.5 Å². The van der Waals surface area contributed by atoms with Gasteiger partial charge in [-0.15, -0.1) is 0 Å². The largest absolute Gasteiger partial charge is 0.378 e. The zero-order valence-electron chi connectivity index (χ0n) is 18.6. The highest BCUT2D eigenvalue weighted by Crippen LogP contribution is 2.42. The molecule has 2 aliphatic heterocycles. The van der Waals surface area contributed by atoms with Crippen LogP contribution in [0.5, 0.6) is 0 Å². The number of fused-ring (bicyclic) bond motifs is 1. The van der Waals surface area contributed by atoms with Gasteiger partial charge in [-0.1, -0.05) is 11.6 Å². The molecule has 2 saturated heterocycles. The smallest absolute Gasteiger partial charge is 0.266 e. The average Bonchev–Trinajstić information content (AvgIpc) is 3.37. The molecule has 2 aliphatic rings. The summed E-state index contributed by atoms with van der Waals surface area (Å²) >= 11 is 6.57. The third-order valence-electron chi connectivity index (χ3n) is 6.77. The Morgan fingerprint density at radius 2 is 2.16 bits per heavy atom. The number of piperidine rings is 1. The van der Waals surface area contributed by atoms with E-state index in [2.05, 4.69) is 32.3 Å². The highest BCUT2D eigenvalue weighted by Gasteiger charge is 2.41. The summed E-state index contributed by atoms with van der Waals surface area (Å²) < 4.78 is 7.46. The lowest BCUT2D eigenvalue weighted by atomic mass is 9.77. The second-order valence-corrected chi connectivity index (χ2v) is 9.31. The zero-order chi connectivity index (χ0) is 22.5. The van der Waals surface area contributed by atoms with Crippen molar-refractivity contribution in [1.82, 2.24) is 24.7 Å². The molecule has 5 heterocycles. The van der Waals surface area contributed by atoms with E-state index in [0.717, 1.165) is 39.0 Å². The molecular weight excluding hydrogens is 430 g/mol. The molecule has 2 N–H and O–H groups in total. The Bertz CT molecular complexity index is 1210. The lowest BCUT2D eigenvalue weighted by Gasteiger charge is -2.39. The molecule has 1 spiro atoms. The molecule has 0 unspecified atom stereocenters. The first kappa shape index (κ1) is 21.2. The first-order valence-corrected chi connectivity index (χ1v) is 11.5. The van der Waals surface area contributed by atoms with E-state index in [1.165, 1.54) is 0 Å². The van der Waals surface area contributed by atoms with Crippen LogP contribution in [0.15, 0.2) is 17.1 Å². The van der Waals surface area contributed by atoms with Crippen LogP contribution >= 0.6 is 11.6 Å². The predicted octanol–water partition coefficient (Wildman–Crippen LogP) is 3.20. The first-order chi connectivity index (χ1) is 15.4. The first-order valence-electron chi connectivity index (χ1n) is 11.1. The van der Waals surface area contributed by atoms with Crippen molar-refractivity contribution in [3.63, 3.8) is 0 Å². The van der Waals surface area contributed by atoms with Gasteiger partial charge in [0.15, 0.2) is 5.65 Å². The Balaban J connectivity index is 1.50. The second kappa shape index (κ2) is 8.04. The minimum Gasteiger partial charge on any atom is -0.378 e. The van der Waals surface area contributed by atoms with Crippen LogP contribution in [0.2, 0.25) is 5.02 Å². The molecule has 2 fully saturated rings. The summed E-state index contributed by atoms with van der Waals surface area (Å²) in [5.74, 6) is 1.23. The third-order valence-corrected chi connectivity index (χ3v) is 7.15. The number of rotatable bonds is 4. The highest BCUT2D eigenvalue weighted by molar-refractivity contribution is 6.35. The van der Waals surface area contributed by atoms with Crippen LogP contribution in [0.1, 0.15) is 33.1 Å². The van der Waals surface area contributed by atoms with Gasteiger partial charge in [0.2, 0.25) is 5.95 Å². The van der Waals surface area contributed by atoms with E-state index in [1.54, 1.807) is 23.9 Å². The predicted molar refractivity (Wildman–Crippen MR) is 125 cm³/mol. The number of hydrogen-bond donors (Lipinski definition) is 2. The minimum absolute atomic E-state index is 0.148. The Kier molecular flexibility index (Phi) is 5.33. The molecule has 0 bridgehead atoms. The Morgan fingerprint density at radius 3 is 2.84 bits per heavy atom. The van der Waals surface area contributed by atoms with Gasteiger partial charge in [0.1, 0.15) is 16.9 Å². The number of H-pyrrole nitrogens is 1. The summed E-state index contributed by atoms with van der Waals surface area (Å²) in [7, 11) is 1.77. The van der Waals surface area contributed by atoms with Crippen LogP contribution < -0.4 is 15.8 Å². The maximum atomic E-state index is 13.4. The number of halogens is 1. The van der Waals surface area contributed by atoms with Crippen LogP contribution in [0, 0.1) is 5.41 Å². The number of aromatic amines is 1. The maximum Gasteiger partial charge on any atom is 0.266 e. The molecular formula is C22H28ClN7O2. The van der Waals surface area contributed by atoms with Crippen LogP contribution in [-0.4, -0.2) is 57.1 Å². The SMILES string of the molecule is CCNc1nccc(-c2n[nH]c3nc(N4CCC5(CC4)CO[C@@H](C)C5)n(C)c(=O)c23)c1Cl. The van der Waals surface area contributed by atoms with E-state index in [0.29, 0.717) is 51.7 Å². The van der Waals surface area contributed by atoms with Gasteiger partial charge in [-0.25, -0.2) is 4.98 Å². The fraction of sp³-hybridized carbons (Fsp3) is 0.545. The molecule has 3 aromatic rings. The number of aromatic nitrogens is 5. The third kappa shape index (κ3) is 3.44. The number of hydrogen-bond acceptors (Lipinski definition) is 7. The van der Waals surface area contributed by atoms with Crippen molar-refractivity contribution < 1.29 is 4.74 Å². The van der Waals surface area contributed by atoms with E-state index in [9.17, 15) is 4.79 Å². The molecule has 170 valence electrons. The summed E-state index contributed by atoms with van der Waals surface area (Å²) in [4.78, 5) is 24.7. The molecule has 9 nitrogen and oxygen atoms in total. The normalized spacial score (nSPS) is 20.4. The quantitative estimate of drug-likeness (QED) is 0.620. The van der Waals surface area contributed by atoms with Gasteiger partial charge in [-0.3, -0.25) is 14.5 Å². The van der Waals surface area contributed by atoms with E-state index in [4.69, 9.17) is 21.3 Å². The van der Waals surface area contributed by atoms with Gasteiger partial charge < -0.3 is 15.0 Å². The Hall–Kier alpha value is -2.65. The van der Waals surface area contributed by atoms with Crippen molar-refractivity contribution in [3.8, 4) is 11.3 Å². The summed E-state index contributed by atoms with van der Waals surface area (Å²) in [6, 6.07) is 1.76. The molecule has 0 saturated carbocycles. The van der Waals surface area contributed by atoms with Crippen LogP contribution in [-0.2, 0) is 11.8 Å². The number of nitrogens with one attached hydrogen (secondary N) is 2. The maximum absolute atomic E-state index is 13.4. The topological polar surface area (TPSA) is 101 Å². The van der Waals surface area contributed by atoms with Gasteiger partial charge in [0.25, 0.3) is 5.56 Å². The van der Waals surface area contributed by atoms with Crippen molar-refractivity contribution in [3.05, 3.63) is 27.6 Å². The summed E-state index contributed by atoms with van der Waals surface area (Å²) in [5, 5.41) is 11.3. The molecule has 10 heteroatoms. The fourth-order valence-corrected chi connectivity index (χ4v) is 5.29. The monoisotopic (exact) mass is 457 g/mol. The van der Waals surface area contributed by atoms with Crippen molar-refractivity contribution in [2.45, 2.75) is 39.2 Å².